The van der Waals surface area contributed by atoms with E-state index < -0.39 is 5.97 Å². The summed E-state index contributed by atoms with van der Waals surface area (Å²) in [6.07, 6.45) is 0. The number of carboxylic acids is 1. The molecule has 8 rings (SSSR count). The molecule has 10 heteroatoms. The summed E-state index contributed by atoms with van der Waals surface area (Å²) in [6, 6.07) is 54.5. The van der Waals surface area contributed by atoms with Gasteiger partial charge in [0.15, 0.2) is 0 Å². The molecule has 0 atom stereocenters. The maximum absolute atomic E-state index is 12.0. The van der Waals surface area contributed by atoms with Crippen molar-refractivity contribution in [1.82, 2.24) is 9.13 Å². The van der Waals surface area contributed by atoms with E-state index in [9.17, 15) is 14.7 Å². The van der Waals surface area contributed by atoms with Gasteiger partial charge in [-0.1, -0.05) is 117 Å². The molecule has 61 heavy (non-hydrogen) atoms. The topological polar surface area (TPSA) is 91.9 Å². The zero-order valence-electron chi connectivity index (χ0n) is 33.7. The van der Waals surface area contributed by atoms with Crippen molar-refractivity contribution in [2.24, 2.45) is 0 Å². The molecular formula is C51H42Br2N2O6. The van der Waals surface area contributed by atoms with Crippen molar-refractivity contribution in [3.05, 3.63) is 212 Å². The molecule has 6 aromatic carbocycles. The first kappa shape index (κ1) is 42.5. The fourth-order valence-electron chi connectivity index (χ4n) is 6.95. The molecule has 2 aromatic heterocycles. The first-order valence-corrected chi connectivity index (χ1v) is 21.0. The van der Waals surface area contributed by atoms with Crippen LogP contribution in [0.5, 0.6) is 11.5 Å². The lowest BCUT2D eigenvalue weighted by Crippen LogP contribution is -2.05. The second-order valence-electron chi connectivity index (χ2n) is 14.1. The monoisotopic (exact) mass is 936 g/mol. The molecule has 0 radical (unpaired) electrons. The van der Waals surface area contributed by atoms with Crippen LogP contribution in [0.3, 0.4) is 0 Å². The number of nitrogens with zero attached hydrogens (tertiary/aromatic N) is 2. The summed E-state index contributed by atoms with van der Waals surface area (Å²) in [6.45, 7) is 5.00. The third-order valence-electron chi connectivity index (χ3n) is 9.93. The summed E-state index contributed by atoms with van der Waals surface area (Å²) in [5.74, 6) is 0.223. The molecule has 306 valence electrons. The Morgan fingerprint density at radius 2 is 0.967 bits per heavy atom. The SMILES string of the molecule is COC(=O)c1cccc(-c2ccc(C)n2-c2cc(Br)ccc2OCc2ccccc2)c1.Cc1ccc(-c2cccc(C(=O)O)c2)n1-c1cc(Br)ccc1OCc1ccccc1. The Kier molecular flexibility index (Phi) is 13.7. The van der Waals surface area contributed by atoms with Crippen LogP contribution in [0.1, 0.15) is 43.2 Å². The van der Waals surface area contributed by atoms with Crippen molar-refractivity contribution in [2.45, 2.75) is 27.1 Å². The number of hydrogen-bond acceptors (Lipinski definition) is 5. The summed E-state index contributed by atoms with van der Waals surface area (Å²) in [5, 5.41) is 9.37. The number of aryl methyl sites for hydroxylation is 2. The van der Waals surface area contributed by atoms with E-state index in [2.05, 4.69) is 54.0 Å². The first-order chi connectivity index (χ1) is 29.6. The number of ether oxygens (including phenoxy) is 3. The van der Waals surface area contributed by atoms with Crippen LogP contribution in [0.4, 0.5) is 0 Å². The molecule has 0 unspecified atom stereocenters. The van der Waals surface area contributed by atoms with Crippen molar-refractivity contribution in [2.75, 3.05) is 7.11 Å². The molecule has 2 heterocycles. The normalized spacial score (nSPS) is 10.7. The minimum absolute atomic E-state index is 0.257. The number of methoxy groups -OCH3 is 1. The highest BCUT2D eigenvalue weighted by Gasteiger charge is 2.18. The number of esters is 1. The zero-order chi connectivity index (χ0) is 42.9. The highest BCUT2D eigenvalue weighted by Crippen LogP contribution is 2.36. The van der Waals surface area contributed by atoms with E-state index in [4.69, 9.17) is 14.2 Å². The van der Waals surface area contributed by atoms with Crippen LogP contribution in [0.25, 0.3) is 33.9 Å². The van der Waals surface area contributed by atoms with E-state index in [0.717, 1.165) is 76.8 Å². The summed E-state index contributed by atoms with van der Waals surface area (Å²) in [7, 11) is 1.39. The molecule has 0 fully saturated rings. The zero-order valence-corrected chi connectivity index (χ0v) is 36.9. The van der Waals surface area contributed by atoms with E-state index in [-0.39, 0.29) is 11.5 Å². The lowest BCUT2D eigenvalue weighted by atomic mass is 10.1. The Balaban J connectivity index is 0.000000184. The second-order valence-corrected chi connectivity index (χ2v) is 16.0. The summed E-state index contributed by atoms with van der Waals surface area (Å²) >= 11 is 7.16. The molecule has 0 spiro atoms. The fourth-order valence-corrected chi connectivity index (χ4v) is 7.65. The van der Waals surface area contributed by atoms with Crippen molar-refractivity contribution in [1.29, 1.82) is 0 Å². The Morgan fingerprint density at radius 1 is 0.525 bits per heavy atom. The van der Waals surface area contributed by atoms with E-state index in [1.165, 1.54) is 7.11 Å². The summed E-state index contributed by atoms with van der Waals surface area (Å²) < 4.78 is 23.4. The molecule has 0 bridgehead atoms. The predicted octanol–water partition coefficient (Wildman–Crippen LogP) is 13.1. The molecule has 0 saturated heterocycles. The quantitative estimate of drug-likeness (QED) is 0.123. The van der Waals surface area contributed by atoms with Crippen molar-refractivity contribution >= 4 is 43.8 Å². The molecule has 0 saturated carbocycles. The number of carbonyl (C=O) groups excluding carboxylic acids is 1. The average molecular weight is 939 g/mol. The summed E-state index contributed by atoms with van der Waals surface area (Å²) in [4.78, 5) is 23.5. The van der Waals surface area contributed by atoms with Crippen LogP contribution in [-0.2, 0) is 18.0 Å². The Hall–Kier alpha value is -6.62. The van der Waals surface area contributed by atoms with Gasteiger partial charge in [0.05, 0.1) is 41.0 Å². The lowest BCUT2D eigenvalue weighted by molar-refractivity contribution is 0.0599. The van der Waals surface area contributed by atoms with E-state index >= 15 is 0 Å². The smallest absolute Gasteiger partial charge is 0.337 e. The molecule has 0 aliphatic carbocycles. The van der Waals surface area contributed by atoms with E-state index in [0.29, 0.717) is 18.8 Å². The van der Waals surface area contributed by atoms with Gasteiger partial charge >= 0.3 is 11.9 Å². The van der Waals surface area contributed by atoms with E-state index in [1.54, 1.807) is 24.3 Å². The maximum Gasteiger partial charge on any atom is 0.337 e. The number of aromatic nitrogens is 2. The van der Waals surface area contributed by atoms with Gasteiger partial charge in [0.2, 0.25) is 0 Å². The molecule has 8 nitrogen and oxygen atoms in total. The van der Waals surface area contributed by atoms with Gasteiger partial charge in [0.25, 0.3) is 0 Å². The number of carbonyl (C=O) groups is 2. The first-order valence-electron chi connectivity index (χ1n) is 19.4. The van der Waals surface area contributed by atoms with Crippen molar-refractivity contribution in [3.63, 3.8) is 0 Å². The van der Waals surface area contributed by atoms with Gasteiger partial charge in [0, 0.05) is 20.3 Å². The van der Waals surface area contributed by atoms with Gasteiger partial charge in [-0.15, -0.1) is 0 Å². The molecule has 0 amide bonds. The van der Waals surface area contributed by atoms with Gasteiger partial charge in [-0.25, -0.2) is 9.59 Å². The number of carboxylic acid groups (broad SMARTS) is 1. The number of hydrogen-bond donors (Lipinski definition) is 1. The molecule has 1 N–H and O–H groups in total. The van der Waals surface area contributed by atoms with Crippen LogP contribution in [-0.4, -0.2) is 33.3 Å². The lowest BCUT2D eigenvalue weighted by Gasteiger charge is -2.18. The van der Waals surface area contributed by atoms with Crippen LogP contribution in [0.2, 0.25) is 0 Å². The van der Waals surface area contributed by atoms with Crippen LogP contribution < -0.4 is 9.47 Å². The fraction of sp³-hybridized carbons (Fsp3) is 0.0980. The van der Waals surface area contributed by atoms with Gasteiger partial charge < -0.3 is 28.5 Å². The van der Waals surface area contributed by atoms with Crippen LogP contribution in [0.15, 0.2) is 179 Å². The largest absolute Gasteiger partial charge is 0.487 e. The maximum atomic E-state index is 12.0. The van der Waals surface area contributed by atoms with Crippen LogP contribution >= 0.6 is 31.9 Å². The third kappa shape index (κ3) is 10.2. The minimum atomic E-state index is -0.944. The van der Waals surface area contributed by atoms with Crippen LogP contribution in [0, 0.1) is 13.8 Å². The number of aromatic carboxylic acids is 1. The molecular weight excluding hydrogens is 896 g/mol. The summed E-state index contributed by atoms with van der Waals surface area (Å²) in [5.41, 5.74) is 10.5. The Labute approximate surface area is 371 Å². The number of halogens is 2. The minimum Gasteiger partial charge on any atom is -0.487 e. The molecule has 0 aliphatic heterocycles. The highest BCUT2D eigenvalue weighted by molar-refractivity contribution is 9.10. The third-order valence-corrected chi connectivity index (χ3v) is 10.9. The Morgan fingerprint density at radius 3 is 1.41 bits per heavy atom. The average Bonchev–Trinajstić information content (AvgIpc) is 3.87. The standard InChI is InChI=1S/C26H22BrNO3.C25H20BrNO3/c1-18-11-13-23(20-9-6-10-21(15-20)26(29)30-2)28(18)24-16-22(27)12-14-25(24)31-17-19-7-4-3-5-8-19;1-17-10-12-22(19-8-5-9-20(14-19)25(28)29)27(17)23-15-21(26)11-13-24(23)30-16-18-6-3-2-4-7-18/h3-16H,17H2,1-2H3;2-15H,16H2,1H3,(H,28,29). The van der Waals surface area contributed by atoms with Gasteiger partial charge in [-0.3, -0.25) is 0 Å². The van der Waals surface area contributed by atoms with Crippen molar-refractivity contribution in [3.8, 4) is 45.4 Å². The van der Waals surface area contributed by atoms with Gasteiger partial charge in [-0.2, -0.15) is 0 Å². The van der Waals surface area contributed by atoms with Gasteiger partial charge in [0.1, 0.15) is 24.7 Å². The number of benzene rings is 6. The Bertz CT molecular complexity index is 2800. The molecule has 0 aliphatic rings. The van der Waals surface area contributed by atoms with Crippen molar-refractivity contribution < 1.29 is 28.9 Å². The van der Waals surface area contributed by atoms with E-state index in [1.807, 2.05) is 146 Å². The van der Waals surface area contributed by atoms with Gasteiger partial charge in [-0.05, 0) is 121 Å². The predicted molar refractivity (Wildman–Crippen MR) is 247 cm³/mol. The number of rotatable bonds is 12. The molecule has 8 aromatic rings. The second kappa shape index (κ2) is 19.6. The highest BCUT2D eigenvalue weighted by atomic mass is 79.9.